The van der Waals surface area contributed by atoms with Crippen molar-refractivity contribution in [2.24, 2.45) is 0 Å². The third-order valence-electron chi connectivity index (χ3n) is 5.10. The van der Waals surface area contributed by atoms with Gasteiger partial charge in [-0.1, -0.05) is 5.16 Å². The number of hydrogen-bond donors (Lipinski definition) is 1. The summed E-state index contributed by atoms with van der Waals surface area (Å²) >= 11 is 0. The largest absolute Gasteiger partial charge is 0.350 e. The van der Waals surface area contributed by atoms with Gasteiger partial charge in [-0.3, -0.25) is 9.48 Å². The van der Waals surface area contributed by atoms with Gasteiger partial charge in [0.05, 0.1) is 36.7 Å². The lowest BCUT2D eigenvalue weighted by molar-refractivity contribution is 0.0912. The van der Waals surface area contributed by atoms with Crippen molar-refractivity contribution in [1.82, 2.24) is 30.1 Å². The standard InChI is InChI=1S/C18H24N6O3/c1-22(2)18(26)23-7-8-24-13(11-23)9-12(20-24)10-19-17(25)16-14-5-3-4-6-15(14)21-27-16/h9H,3-8,10-11H2,1-2H3,(H,19,25). The molecule has 0 unspecified atom stereocenters. The smallest absolute Gasteiger partial charge is 0.319 e. The zero-order valence-electron chi connectivity index (χ0n) is 15.7. The van der Waals surface area contributed by atoms with Crippen molar-refractivity contribution in [1.29, 1.82) is 0 Å². The summed E-state index contributed by atoms with van der Waals surface area (Å²) in [7, 11) is 3.49. The monoisotopic (exact) mass is 372 g/mol. The summed E-state index contributed by atoms with van der Waals surface area (Å²) in [6, 6.07) is 1.93. The first-order valence-electron chi connectivity index (χ1n) is 9.30. The van der Waals surface area contributed by atoms with E-state index in [1.807, 2.05) is 10.7 Å². The van der Waals surface area contributed by atoms with Gasteiger partial charge in [-0.25, -0.2) is 4.79 Å². The predicted octanol–water partition coefficient (Wildman–Crippen LogP) is 1.18. The second-order valence-corrected chi connectivity index (χ2v) is 7.28. The first kappa shape index (κ1) is 17.6. The molecule has 144 valence electrons. The summed E-state index contributed by atoms with van der Waals surface area (Å²) in [5.41, 5.74) is 3.60. The number of hydrogen-bond acceptors (Lipinski definition) is 5. The van der Waals surface area contributed by atoms with Crippen LogP contribution in [0.25, 0.3) is 0 Å². The summed E-state index contributed by atoms with van der Waals surface area (Å²) in [6.45, 7) is 2.11. The van der Waals surface area contributed by atoms with Crippen molar-refractivity contribution >= 4 is 11.9 Å². The molecule has 1 aliphatic heterocycles. The van der Waals surface area contributed by atoms with E-state index in [-0.39, 0.29) is 11.9 Å². The summed E-state index contributed by atoms with van der Waals surface area (Å²) < 4.78 is 7.18. The molecular formula is C18H24N6O3. The zero-order chi connectivity index (χ0) is 19.0. The van der Waals surface area contributed by atoms with E-state index < -0.39 is 0 Å². The Morgan fingerprint density at radius 3 is 2.89 bits per heavy atom. The number of urea groups is 1. The van der Waals surface area contributed by atoms with Crippen LogP contribution in [0, 0.1) is 0 Å². The summed E-state index contributed by atoms with van der Waals surface area (Å²) in [4.78, 5) is 28.0. The minimum absolute atomic E-state index is 0.00704. The van der Waals surface area contributed by atoms with Crippen LogP contribution in [0.5, 0.6) is 0 Å². The maximum Gasteiger partial charge on any atom is 0.319 e. The molecule has 2 aromatic rings. The molecule has 0 spiro atoms. The number of carbonyl (C=O) groups excluding carboxylic acids is 2. The van der Waals surface area contributed by atoms with Crippen LogP contribution in [-0.2, 0) is 32.5 Å². The Labute approximate surface area is 157 Å². The van der Waals surface area contributed by atoms with Gasteiger partial charge in [-0.2, -0.15) is 5.10 Å². The highest BCUT2D eigenvalue weighted by Crippen LogP contribution is 2.24. The number of amides is 3. The van der Waals surface area contributed by atoms with Crippen LogP contribution in [0.4, 0.5) is 4.79 Å². The third-order valence-corrected chi connectivity index (χ3v) is 5.10. The number of aromatic nitrogens is 3. The van der Waals surface area contributed by atoms with Crippen molar-refractivity contribution < 1.29 is 14.1 Å². The molecule has 0 saturated heterocycles. The average molecular weight is 372 g/mol. The van der Waals surface area contributed by atoms with E-state index in [2.05, 4.69) is 15.6 Å². The van der Waals surface area contributed by atoms with Crippen LogP contribution in [0.1, 0.15) is 46.0 Å². The zero-order valence-corrected chi connectivity index (χ0v) is 15.7. The summed E-state index contributed by atoms with van der Waals surface area (Å²) in [5, 5.41) is 11.4. The highest BCUT2D eigenvalue weighted by atomic mass is 16.5. The van der Waals surface area contributed by atoms with Crippen LogP contribution in [0.2, 0.25) is 0 Å². The van der Waals surface area contributed by atoms with E-state index >= 15 is 0 Å². The molecule has 0 aromatic carbocycles. The molecule has 2 aliphatic rings. The SMILES string of the molecule is CN(C)C(=O)N1CCn2nc(CNC(=O)c3onc4c3CCCC4)cc2C1. The Morgan fingerprint density at radius 1 is 1.26 bits per heavy atom. The quantitative estimate of drug-likeness (QED) is 0.873. The van der Waals surface area contributed by atoms with Gasteiger partial charge in [-0.15, -0.1) is 0 Å². The van der Waals surface area contributed by atoms with Gasteiger partial charge in [0.25, 0.3) is 5.91 Å². The van der Waals surface area contributed by atoms with Crippen LogP contribution in [0.15, 0.2) is 10.6 Å². The number of fused-ring (bicyclic) bond motifs is 2. The molecule has 9 heteroatoms. The van der Waals surface area contributed by atoms with Crippen molar-refractivity contribution in [2.75, 3.05) is 20.6 Å². The summed E-state index contributed by atoms with van der Waals surface area (Å²) in [5.74, 6) is 0.0810. The van der Waals surface area contributed by atoms with E-state index in [0.717, 1.165) is 48.3 Å². The lowest BCUT2D eigenvalue weighted by Crippen LogP contribution is -2.43. The minimum Gasteiger partial charge on any atom is -0.350 e. The number of nitrogens with zero attached hydrogens (tertiary/aromatic N) is 5. The molecular weight excluding hydrogens is 348 g/mol. The Kier molecular flexibility index (Phi) is 4.59. The molecule has 0 saturated carbocycles. The second kappa shape index (κ2) is 7.05. The highest BCUT2D eigenvalue weighted by molar-refractivity contribution is 5.93. The Hall–Kier alpha value is -2.84. The van der Waals surface area contributed by atoms with E-state index in [4.69, 9.17) is 4.52 Å². The topological polar surface area (TPSA) is 96.5 Å². The first-order chi connectivity index (χ1) is 13.0. The number of aryl methyl sites for hydroxylation is 1. The molecule has 4 rings (SSSR count). The fraction of sp³-hybridized carbons (Fsp3) is 0.556. The lowest BCUT2D eigenvalue weighted by atomic mass is 9.96. The van der Waals surface area contributed by atoms with E-state index in [0.29, 0.717) is 31.9 Å². The Morgan fingerprint density at radius 2 is 2.07 bits per heavy atom. The number of rotatable bonds is 3. The third kappa shape index (κ3) is 3.41. The van der Waals surface area contributed by atoms with Gasteiger partial charge in [0.15, 0.2) is 0 Å². The Bertz CT molecular complexity index is 869. The maximum absolute atomic E-state index is 12.5. The van der Waals surface area contributed by atoms with Gasteiger partial charge in [-0.05, 0) is 31.7 Å². The molecule has 0 bridgehead atoms. The predicted molar refractivity (Wildman–Crippen MR) is 96.0 cm³/mol. The van der Waals surface area contributed by atoms with E-state index in [1.54, 1.807) is 23.9 Å². The molecule has 1 N–H and O–H groups in total. The van der Waals surface area contributed by atoms with Crippen LogP contribution in [-0.4, -0.2) is 57.3 Å². The van der Waals surface area contributed by atoms with Crippen molar-refractivity contribution in [3.8, 4) is 0 Å². The molecule has 3 heterocycles. The van der Waals surface area contributed by atoms with Crippen LogP contribution >= 0.6 is 0 Å². The van der Waals surface area contributed by atoms with E-state index in [1.165, 1.54) is 0 Å². The molecule has 0 atom stereocenters. The molecule has 1 aliphatic carbocycles. The van der Waals surface area contributed by atoms with Gasteiger partial charge in [0, 0.05) is 26.2 Å². The normalized spacial score (nSPS) is 15.9. The molecule has 3 amide bonds. The molecule has 2 aromatic heterocycles. The van der Waals surface area contributed by atoms with Crippen molar-refractivity contribution in [2.45, 2.75) is 45.3 Å². The molecule has 0 fully saturated rings. The number of nitrogens with one attached hydrogen (secondary N) is 1. The lowest BCUT2D eigenvalue weighted by Gasteiger charge is -2.29. The van der Waals surface area contributed by atoms with Crippen molar-refractivity contribution in [3.05, 3.63) is 34.5 Å². The maximum atomic E-state index is 12.5. The average Bonchev–Trinajstić information content (AvgIpc) is 3.28. The number of carbonyl (C=O) groups is 2. The van der Waals surface area contributed by atoms with Crippen LogP contribution < -0.4 is 5.32 Å². The Balaban J connectivity index is 1.39. The van der Waals surface area contributed by atoms with E-state index in [9.17, 15) is 9.59 Å². The summed E-state index contributed by atoms with van der Waals surface area (Å²) in [6.07, 6.45) is 3.87. The highest BCUT2D eigenvalue weighted by Gasteiger charge is 2.25. The molecule has 0 radical (unpaired) electrons. The fourth-order valence-electron chi connectivity index (χ4n) is 3.68. The van der Waals surface area contributed by atoms with Gasteiger partial charge >= 0.3 is 6.03 Å². The minimum atomic E-state index is -0.249. The van der Waals surface area contributed by atoms with Gasteiger partial charge < -0.3 is 19.6 Å². The fourth-order valence-corrected chi connectivity index (χ4v) is 3.68. The molecule has 27 heavy (non-hydrogen) atoms. The molecule has 9 nitrogen and oxygen atoms in total. The van der Waals surface area contributed by atoms with Gasteiger partial charge in [0.1, 0.15) is 0 Å². The first-order valence-corrected chi connectivity index (χ1v) is 9.30. The van der Waals surface area contributed by atoms with Crippen molar-refractivity contribution in [3.63, 3.8) is 0 Å². The van der Waals surface area contributed by atoms with Crippen LogP contribution in [0.3, 0.4) is 0 Å². The second-order valence-electron chi connectivity index (χ2n) is 7.28. The van der Waals surface area contributed by atoms with Gasteiger partial charge in [0.2, 0.25) is 5.76 Å².